The van der Waals surface area contributed by atoms with Gasteiger partial charge in [-0.15, -0.1) is 0 Å². The molecule has 0 N–H and O–H groups in total. The second-order valence-electron chi connectivity index (χ2n) is 24.4. The van der Waals surface area contributed by atoms with Gasteiger partial charge in [-0.2, -0.15) is 0 Å². The molecule has 0 amide bonds. The first kappa shape index (κ1) is 47.7. The molecule has 364 valence electrons. The van der Waals surface area contributed by atoms with Gasteiger partial charge in [0.1, 0.15) is 11.2 Å². The number of hydrogen-bond acceptors (Lipinski definition) is 1. The topological polar surface area (TPSA) is 13.1 Å². The Morgan fingerprint density at radius 3 is 1.10 bits per heavy atom. The lowest BCUT2D eigenvalue weighted by molar-refractivity contribution is -0.0281. The summed E-state index contributed by atoms with van der Waals surface area (Å²) in [7, 11) is 0. The minimum absolute atomic E-state index is 0.108. The molecule has 9 aromatic rings. The smallest absolute Gasteiger partial charge is 0.242 e. The fourth-order valence-electron chi connectivity index (χ4n) is 16.7. The van der Waals surface area contributed by atoms with Gasteiger partial charge in [-0.25, -0.2) is 0 Å². The number of hydrogen-bond donors (Lipinski definition) is 0. The SMILES string of the molecule is Cc1cc(C)c(B(c2ccc(C34CC5CC(C3)CC(c3ccc(-c6ccc7oc8ccc(B(c9c(C)cc(C)cc9C)c9c(C)cc(C)cc9C)cc8c7c6)cc3)(C5)C4)cc2)c2c(C)cc(C)cc2C)c(C)c1. The van der Waals surface area contributed by atoms with Crippen molar-refractivity contribution in [1.29, 1.82) is 0 Å². The van der Waals surface area contributed by atoms with Crippen LogP contribution in [0.1, 0.15) is 116 Å². The van der Waals surface area contributed by atoms with Crippen molar-refractivity contribution in [2.75, 3.05) is 0 Å². The highest BCUT2D eigenvalue weighted by molar-refractivity contribution is 6.97. The maximum absolute atomic E-state index is 6.60. The summed E-state index contributed by atoms with van der Waals surface area (Å²) in [5.74, 6) is 1.56. The highest BCUT2D eigenvalue weighted by Crippen LogP contribution is 2.66. The second-order valence-corrected chi connectivity index (χ2v) is 24.4. The highest BCUT2D eigenvalue weighted by atomic mass is 16.3. The minimum Gasteiger partial charge on any atom is -0.456 e. The molecule has 73 heavy (non-hydrogen) atoms. The molecule has 4 bridgehead atoms. The van der Waals surface area contributed by atoms with Crippen LogP contribution in [0.5, 0.6) is 0 Å². The molecule has 4 aliphatic carbocycles. The molecule has 0 saturated heterocycles. The first-order valence-electron chi connectivity index (χ1n) is 27.4. The Hall–Kier alpha value is -6.31. The molecule has 13 rings (SSSR count). The van der Waals surface area contributed by atoms with Gasteiger partial charge in [0.15, 0.2) is 0 Å². The van der Waals surface area contributed by atoms with Crippen molar-refractivity contribution in [2.45, 2.75) is 132 Å². The average Bonchev–Trinajstić information content (AvgIpc) is 3.69. The Morgan fingerprint density at radius 2 is 0.685 bits per heavy atom. The maximum atomic E-state index is 6.60. The molecule has 4 aliphatic rings. The molecule has 4 fully saturated rings. The molecular formula is C70H72B2O. The van der Waals surface area contributed by atoms with E-state index in [0.717, 1.165) is 23.0 Å². The van der Waals surface area contributed by atoms with Gasteiger partial charge in [0.05, 0.1) is 0 Å². The standard InChI is InChI=1S/C70H72B2O/c1-41-25-45(5)65(46(6)26-41)71(66-47(7)27-42(2)28-48(66)8)59-20-18-58(19-21-59)70-38-53-33-54(39-70)37-69(36-53,40-70)57-16-13-55(14-17-57)56-15-23-63-61(34-56)62-35-60(22-24-64(62)73-63)72(67-49(9)29-43(3)30-50(67)10)68-51(11)31-44(4)32-52(68)12/h13-32,34-35,53-54H,33,36-40H2,1-12H3. The van der Waals surface area contributed by atoms with E-state index in [1.807, 2.05) is 0 Å². The van der Waals surface area contributed by atoms with E-state index in [1.165, 1.54) is 160 Å². The van der Waals surface area contributed by atoms with Crippen LogP contribution in [0.2, 0.25) is 0 Å². The maximum Gasteiger partial charge on any atom is 0.242 e. The van der Waals surface area contributed by atoms with Gasteiger partial charge in [0.2, 0.25) is 13.4 Å². The predicted molar refractivity (Wildman–Crippen MR) is 316 cm³/mol. The molecule has 0 radical (unpaired) electrons. The zero-order valence-corrected chi connectivity index (χ0v) is 45.7. The predicted octanol–water partition coefficient (Wildman–Crippen LogP) is 13.8. The van der Waals surface area contributed by atoms with E-state index in [-0.39, 0.29) is 24.3 Å². The van der Waals surface area contributed by atoms with E-state index in [4.69, 9.17) is 4.42 Å². The van der Waals surface area contributed by atoms with Gasteiger partial charge in [-0.3, -0.25) is 0 Å². The van der Waals surface area contributed by atoms with Gasteiger partial charge in [0.25, 0.3) is 0 Å². The van der Waals surface area contributed by atoms with Crippen LogP contribution in [0, 0.1) is 94.9 Å². The van der Waals surface area contributed by atoms with E-state index in [1.54, 1.807) is 11.1 Å². The van der Waals surface area contributed by atoms with Crippen LogP contribution in [-0.2, 0) is 10.8 Å². The number of furan rings is 1. The third-order valence-corrected chi connectivity index (χ3v) is 18.7. The van der Waals surface area contributed by atoms with Crippen LogP contribution < -0.4 is 32.8 Å². The molecule has 1 nitrogen and oxygen atoms in total. The second kappa shape index (κ2) is 17.7. The molecule has 2 unspecified atom stereocenters. The van der Waals surface area contributed by atoms with Crippen molar-refractivity contribution in [3.05, 3.63) is 211 Å². The molecule has 0 spiro atoms. The third-order valence-electron chi connectivity index (χ3n) is 18.7. The van der Waals surface area contributed by atoms with Crippen molar-refractivity contribution in [3.8, 4) is 11.1 Å². The van der Waals surface area contributed by atoms with E-state index in [9.17, 15) is 0 Å². The Balaban J connectivity index is 0.872. The Kier molecular flexibility index (Phi) is 11.5. The van der Waals surface area contributed by atoms with Gasteiger partial charge in [-0.1, -0.05) is 215 Å². The number of benzene rings is 8. The minimum atomic E-state index is 0.108. The Bertz CT molecular complexity index is 3460. The summed E-state index contributed by atoms with van der Waals surface area (Å²) >= 11 is 0. The van der Waals surface area contributed by atoms with E-state index in [0.29, 0.717) is 0 Å². The van der Waals surface area contributed by atoms with Crippen LogP contribution in [0.3, 0.4) is 0 Å². The summed E-state index contributed by atoms with van der Waals surface area (Å²) in [5.41, 5.74) is 32.7. The Labute approximate surface area is 437 Å². The quantitative estimate of drug-likeness (QED) is 0.131. The number of fused-ring (bicyclic) bond motifs is 3. The van der Waals surface area contributed by atoms with Crippen molar-refractivity contribution >= 4 is 68.1 Å². The lowest BCUT2D eigenvalue weighted by Gasteiger charge is -2.63. The van der Waals surface area contributed by atoms with E-state index < -0.39 is 0 Å². The van der Waals surface area contributed by atoms with Crippen LogP contribution in [0.4, 0.5) is 0 Å². The summed E-state index contributed by atoms with van der Waals surface area (Å²) in [6, 6.07) is 52.8. The fraction of sp³-hybridized carbons (Fsp3) is 0.314. The number of rotatable bonds is 9. The van der Waals surface area contributed by atoms with Gasteiger partial charge >= 0.3 is 0 Å². The first-order chi connectivity index (χ1) is 35.0. The van der Waals surface area contributed by atoms with Gasteiger partial charge in [0, 0.05) is 10.8 Å². The van der Waals surface area contributed by atoms with Crippen molar-refractivity contribution in [1.82, 2.24) is 0 Å². The monoisotopic (exact) mass is 951 g/mol. The molecule has 2 atom stereocenters. The zero-order valence-electron chi connectivity index (χ0n) is 45.7. The van der Waals surface area contributed by atoms with Crippen LogP contribution in [0.15, 0.2) is 138 Å². The lowest BCUT2D eigenvalue weighted by atomic mass is 9.34. The fourth-order valence-corrected chi connectivity index (χ4v) is 16.7. The van der Waals surface area contributed by atoms with Crippen LogP contribution >= 0.6 is 0 Å². The molecule has 1 aromatic heterocycles. The molecule has 1 heterocycles. The molecule has 4 saturated carbocycles. The van der Waals surface area contributed by atoms with Crippen LogP contribution in [-0.4, -0.2) is 13.4 Å². The molecule has 0 aliphatic heterocycles. The number of aryl methyl sites for hydroxylation is 12. The summed E-state index contributed by atoms with van der Waals surface area (Å²) < 4.78 is 6.60. The molecule has 3 heteroatoms. The molecule has 8 aromatic carbocycles. The van der Waals surface area contributed by atoms with Crippen molar-refractivity contribution in [3.63, 3.8) is 0 Å². The zero-order chi connectivity index (χ0) is 50.8. The van der Waals surface area contributed by atoms with Crippen molar-refractivity contribution in [2.24, 2.45) is 11.8 Å². The van der Waals surface area contributed by atoms with Gasteiger partial charge in [-0.05, 0) is 185 Å². The Morgan fingerprint density at radius 1 is 0.356 bits per heavy atom. The van der Waals surface area contributed by atoms with Crippen molar-refractivity contribution < 1.29 is 4.42 Å². The average molecular weight is 951 g/mol. The van der Waals surface area contributed by atoms with Crippen LogP contribution in [0.25, 0.3) is 33.1 Å². The third kappa shape index (κ3) is 8.07. The first-order valence-corrected chi connectivity index (χ1v) is 27.4. The summed E-state index contributed by atoms with van der Waals surface area (Å²) in [6.45, 7) is 27.7. The summed E-state index contributed by atoms with van der Waals surface area (Å²) in [6.07, 6.45) is 7.95. The lowest BCUT2D eigenvalue weighted by Crippen LogP contribution is -2.57. The highest BCUT2D eigenvalue weighted by Gasteiger charge is 2.58. The van der Waals surface area contributed by atoms with Gasteiger partial charge < -0.3 is 4.42 Å². The van der Waals surface area contributed by atoms with E-state index in [2.05, 4.69) is 217 Å². The summed E-state index contributed by atoms with van der Waals surface area (Å²) in [4.78, 5) is 0. The van der Waals surface area contributed by atoms with E-state index >= 15 is 0 Å². The largest absolute Gasteiger partial charge is 0.456 e. The normalized spacial score (nSPS) is 20.1. The molecular weight excluding hydrogens is 878 g/mol. The summed E-state index contributed by atoms with van der Waals surface area (Å²) in [5, 5.41) is 2.37.